The number of nitrogens with zero attached hydrogens (tertiary/aromatic N) is 1. The van der Waals surface area contributed by atoms with Crippen LogP contribution in [-0.2, 0) is 13.1 Å². The molecule has 0 saturated carbocycles. The van der Waals surface area contributed by atoms with Gasteiger partial charge in [-0.2, -0.15) is 0 Å². The lowest BCUT2D eigenvalue weighted by Crippen LogP contribution is -2.12. The highest BCUT2D eigenvalue weighted by atomic mass is 35.5. The van der Waals surface area contributed by atoms with Crippen molar-refractivity contribution in [2.24, 2.45) is 0 Å². The molecule has 23 heavy (non-hydrogen) atoms. The van der Waals surface area contributed by atoms with Gasteiger partial charge in [0.1, 0.15) is 5.75 Å². The SMILES string of the molecule is Oc1ccc(-c2cccnc2)cc1CNCc1ccc(Cl)cc1. The van der Waals surface area contributed by atoms with Crippen LogP contribution in [0.15, 0.2) is 67.0 Å². The zero-order valence-corrected chi connectivity index (χ0v) is 13.3. The molecule has 3 aromatic rings. The molecule has 0 aliphatic heterocycles. The third-order valence-corrected chi connectivity index (χ3v) is 3.88. The van der Waals surface area contributed by atoms with E-state index < -0.39 is 0 Å². The van der Waals surface area contributed by atoms with Crippen LogP contribution in [0.2, 0.25) is 5.02 Å². The molecule has 0 bridgehead atoms. The number of hydrogen-bond acceptors (Lipinski definition) is 3. The Labute approximate surface area is 140 Å². The lowest BCUT2D eigenvalue weighted by molar-refractivity contribution is 0.464. The lowest BCUT2D eigenvalue weighted by atomic mass is 10.0. The summed E-state index contributed by atoms with van der Waals surface area (Å²) in [7, 11) is 0. The number of phenolic OH excluding ortho intramolecular Hbond substituents is 1. The summed E-state index contributed by atoms with van der Waals surface area (Å²) in [4.78, 5) is 4.13. The van der Waals surface area contributed by atoms with E-state index in [1.807, 2.05) is 54.7 Å². The summed E-state index contributed by atoms with van der Waals surface area (Å²) >= 11 is 5.88. The molecule has 116 valence electrons. The quantitative estimate of drug-likeness (QED) is 0.731. The maximum atomic E-state index is 10.0. The normalized spacial score (nSPS) is 10.7. The fraction of sp³-hybridized carbons (Fsp3) is 0.105. The third-order valence-electron chi connectivity index (χ3n) is 3.63. The summed E-state index contributed by atoms with van der Waals surface area (Å²) < 4.78 is 0. The van der Waals surface area contributed by atoms with Crippen LogP contribution in [0.5, 0.6) is 5.75 Å². The summed E-state index contributed by atoms with van der Waals surface area (Å²) in [5.74, 6) is 0.293. The van der Waals surface area contributed by atoms with E-state index in [-0.39, 0.29) is 0 Å². The number of hydrogen-bond donors (Lipinski definition) is 2. The van der Waals surface area contributed by atoms with Crippen molar-refractivity contribution in [3.05, 3.63) is 83.1 Å². The fourth-order valence-corrected chi connectivity index (χ4v) is 2.51. The molecule has 0 spiro atoms. The lowest BCUT2D eigenvalue weighted by Gasteiger charge is -2.10. The molecule has 0 fully saturated rings. The molecule has 0 amide bonds. The summed E-state index contributed by atoms with van der Waals surface area (Å²) in [6.45, 7) is 1.30. The molecule has 0 saturated heterocycles. The van der Waals surface area contributed by atoms with Gasteiger partial charge in [0.25, 0.3) is 0 Å². The molecule has 3 rings (SSSR count). The van der Waals surface area contributed by atoms with E-state index in [0.29, 0.717) is 18.8 Å². The van der Waals surface area contributed by atoms with Crippen LogP contribution >= 0.6 is 11.6 Å². The Balaban J connectivity index is 1.69. The summed E-state index contributed by atoms with van der Waals surface area (Å²) in [6.07, 6.45) is 3.57. The van der Waals surface area contributed by atoms with Crippen molar-refractivity contribution in [1.82, 2.24) is 10.3 Å². The maximum Gasteiger partial charge on any atom is 0.120 e. The standard InChI is InChI=1S/C19H17ClN2O/c20-18-6-3-14(4-7-18)11-22-13-17-10-15(5-8-19(17)23)16-2-1-9-21-12-16/h1-10,12,22-23H,11,13H2. The number of nitrogens with one attached hydrogen (secondary N) is 1. The Bertz CT molecular complexity index is 773. The molecule has 3 nitrogen and oxygen atoms in total. The molecular formula is C19H17ClN2O. The summed E-state index contributed by atoms with van der Waals surface area (Å²) in [5, 5.41) is 14.1. The second-order valence-corrected chi connectivity index (χ2v) is 5.75. The second kappa shape index (κ2) is 7.27. The number of phenols is 1. The third kappa shape index (κ3) is 4.09. The van der Waals surface area contributed by atoms with Gasteiger partial charge in [0.05, 0.1) is 0 Å². The number of halogens is 1. The van der Waals surface area contributed by atoms with Crippen LogP contribution in [0.3, 0.4) is 0 Å². The van der Waals surface area contributed by atoms with Gasteiger partial charge in [0.2, 0.25) is 0 Å². The highest BCUT2D eigenvalue weighted by Gasteiger charge is 2.05. The predicted molar refractivity (Wildman–Crippen MR) is 93.3 cm³/mol. The molecule has 0 radical (unpaired) electrons. The average Bonchev–Trinajstić information content (AvgIpc) is 2.59. The zero-order valence-electron chi connectivity index (χ0n) is 12.5. The molecule has 2 N–H and O–H groups in total. The largest absolute Gasteiger partial charge is 0.508 e. The van der Waals surface area contributed by atoms with Crippen LogP contribution < -0.4 is 5.32 Å². The van der Waals surface area contributed by atoms with Gasteiger partial charge in [-0.25, -0.2) is 0 Å². The van der Waals surface area contributed by atoms with Crippen molar-refractivity contribution in [2.45, 2.75) is 13.1 Å². The minimum absolute atomic E-state index is 0.293. The Morgan fingerprint density at radius 1 is 0.957 bits per heavy atom. The Morgan fingerprint density at radius 2 is 1.78 bits per heavy atom. The van der Waals surface area contributed by atoms with Crippen molar-refractivity contribution >= 4 is 11.6 Å². The van der Waals surface area contributed by atoms with Crippen LogP contribution in [0.4, 0.5) is 0 Å². The summed E-state index contributed by atoms with van der Waals surface area (Å²) in [5.41, 5.74) is 4.09. The van der Waals surface area contributed by atoms with E-state index in [2.05, 4.69) is 10.3 Å². The van der Waals surface area contributed by atoms with E-state index in [4.69, 9.17) is 11.6 Å². The van der Waals surface area contributed by atoms with Gasteiger partial charge in [0, 0.05) is 41.6 Å². The average molecular weight is 325 g/mol. The maximum absolute atomic E-state index is 10.0. The van der Waals surface area contributed by atoms with Gasteiger partial charge in [-0.3, -0.25) is 4.98 Å². The Kier molecular flexibility index (Phi) is 4.91. The molecule has 1 heterocycles. The van der Waals surface area contributed by atoms with Crippen LogP contribution in [0, 0.1) is 0 Å². The van der Waals surface area contributed by atoms with Crippen LogP contribution in [-0.4, -0.2) is 10.1 Å². The molecule has 0 atom stereocenters. The zero-order chi connectivity index (χ0) is 16.1. The number of benzene rings is 2. The fourth-order valence-electron chi connectivity index (χ4n) is 2.38. The topological polar surface area (TPSA) is 45.2 Å². The van der Waals surface area contributed by atoms with Gasteiger partial charge >= 0.3 is 0 Å². The summed E-state index contributed by atoms with van der Waals surface area (Å²) in [6, 6.07) is 17.2. The Hall–Kier alpha value is -2.36. The smallest absolute Gasteiger partial charge is 0.120 e. The number of pyridine rings is 1. The molecule has 0 unspecified atom stereocenters. The van der Waals surface area contributed by atoms with E-state index >= 15 is 0 Å². The highest BCUT2D eigenvalue weighted by Crippen LogP contribution is 2.25. The van der Waals surface area contributed by atoms with Crippen molar-refractivity contribution < 1.29 is 5.11 Å². The van der Waals surface area contributed by atoms with Gasteiger partial charge < -0.3 is 10.4 Å². The van der Waals surface area contributed by atoms with Crippen molar-refractivity contribution in [1.29, 1.82) is 0 Å². The highest BCUT2D eigenvalue weighted by molar-refractivity contribution is 6.30. The van der Waals surface area contributed by atoms with Gasteiger partial charge in [-0.15, -0.1) is 0 Å². The van der Waals surface area contributed by atoms with Gasteiger partial charge in [0.15, 0.2) is 0 Å². The first kappa shape index (κ1) is 15.5. The molecule has 0 aliphatic rings. The van der Waals surface area contributed by atoms with Gasteiger partial charge in [-0.05, 0) is 41.5 Å². The van der Waals surface area contributed by atoms with Gasteiger partial charge in [-0.1, -0.05) is 35.9 Å². The number of aromatic hydroxyl groups is 1. The first-order valence-electron chi connectivity index (χ1n) is 7.40. The van der Waals surface area contributed by atoms with E-state index in [1.165, 1.54) is 0 Å². The first-order chi connectivity index (χ1) is 11.2. The number of rotatable bonds is 5. The minimum atomic E-state index is 0.293. The van der Waals surface area contributed by atoms with Crippen molar-refractivity contribution in [3.63, 3.8) is 0 Å². The van der Waals surface area contributed by atoms with Crippen molar-refractivity contribution in [3.8, 4) is 16.9 Å². The van der Waals surface area contributed by atoms with Crippen LogP contribution in [0.25, 0.3) is 11.1 Å². The molecule has 1 aromatic heterocycles. The van der Waals surface area contributed by atoms with E-state index in [0.717, 1.165) is 27.3 Å². The number of aromatic nitrogens is 1. The van der Waals surface area contributed by atoms with E-state index in [9.17, 15) is 5.11 Å². The first-order valence-corrected chi connectivity index (χ1v) is 7.77. The van der Waals surface area contributed by atoms with E-state index in [1.54, 1.807) is 12.3 Å². The molecule has 2 aromatic carbocycles. The van der Waals surface area contributed by atoms with Crippen LogP contribution in [0.1, 0.15) is 11.1 Å². The molecule has 4 heteroatoms. The minimum Gasteiger partial charge on any atom is -0.508 e. The second-order valence-electron chi connectivity index (χ2n) is 5.32. The molecular weight excluding hydrogens is 308 g/mol. The van der Waals surface area contributed by atoms with Crippen molar-refractivity contribution in [2.75, 3.05) is 0 Å². The predicted octanol–water partition coefficient (Wildman–Crippen LogP) is 4.40. The monoisotopic (exact) mass is 324 g/mol. The Morgan fingerprint density at radius 3 is 2.52 bits per heavy atom. The molecule has 0 aliphatic carbocycles.